The van der Waals surface area contributed by atoms with Gasteiger partial charge < -0.3 is 14.2 Å². The average molecular weight is 386 g/mol. The van der Waals surface area contributed by atoms with Gasteiger partial charge in [0.1, 0.15) is 0 Å². The van der Waals surface area contributed by atoms with Gasteiger partial charge in [0.25, 0.3) is 0 Å². The number of rotatable bonds is 2. The van der Waals surface area contributed by atoms with Crippen molar-refractivity contribution in [2.24, 2.45) is 4.99 Å². The molecule has 0 bridgehead atoms. The van der Waals surface area contributed by atoms with Crippen molar-refractivity contribution in [1.82, 2.24) is 0 Å². The van der Waals surface area contributed by atoms with E-state index >= 15 is 0 Å². The van der Waals surface area contributed by atoms with E-state index in [1.165, 1.54) is 0 Å². The number of benzene rings is 2. The summed E-state index contributed by atoms with van der Waals surface area (Å²) >= 11 is 3.46. The van der Waals surface area contributed by atoms with Crippen molar-refractivity contribution in [3.8, 4) is 11.5 Å². The molecule has 0 saturated heterocycles. The van der Waals surface area contributed by atoms with Crippen LogP contribution in [-0.2, 0) is 9.53 Å². The standard InChI is InChI=1S/C18H12BrNO4/c1-10-2-4-11(5-3-10)17-20-14(18(21)24-17)6-12-7-15-16(8-13(12)19)23-9-22-15/h2-8H,9H2,1H3/b14-6-. The highest BCUT2D eigenvalue weighted by atomic mass is 79.9. The third-order valence-electron chi connectivity index (χ3n) is 3.70. The number of esters is 1. The monoisotopic (exact) mass is 385 g/mol. The molecule has 2 aliphatic rings. The lowest BCUT2D eigenvalue weighted by Crippen LogP contribution is -2.05. The molecular weight excluding hydrogens is 374 g/mol. The van der Waals surface area contributed by atoms with E-state index in [9.17, 15) is 4.79 Å². The Morgan fingerprint density at radius 1 is 1.12 bits per heavy atom. The minimum Gasteiger partial charge on any atom is -0.454 e. The minimum absolute atomic E-state index is 0.194. The topological polar surface area (TPSA) is 57.1 Å². The van der Waals surface area contributed by atoms with Gasteiger partial charge in [-0.15, -0.1) is 0 Å². The molecule has 0 aromatic heterocycles. The van der Waals surface area contributed by atoms with Crippen LogP contribution < -0.4 is 9.47 Å². The lowest BCUT2D eigenvalue weighted by Gasteiger charge is -2.02. The Balaban J connectivity index is 1.70. The van der Waals surface area contributed by atoms with Gasteiger partial charge in [-0.3, -0.25) is 0 Å². The van der Waals surface area contributed by atoms with Crippen molar-refractivity contribution in [2.45, 2.75) is 6.92 Å². The molecule has 2 aromatic rings. The summed E-state index contributed by atoms with van der Waals surface area (Å²) in [6, 6.07) is 11.2. The van der Waals surface area contributed by atoms with Crippen LogP contribution in [0.5, 0.6) is 11.5 Å². The smallest absolute Gasteiger partial charge is 0.363 e. The number of carbonyl (C=O) groups excluding carboxylic acids is 1. The van der Waals surface area contributed by atoms with Crippen molar-refractivity contribution in [1.29, 1.82) is 0 Å². The highest BCUT2D eigenvalue weighted by molar-refractivity contribution is 9.10. The molecule has 4 rings (SSSR count). The van der Waals surface area contributed by atoms with E-state index in [0.717, 1.165) is 21.2 Å². The first-order valence-corrected chi connectivity index (χ1v) is 8.08. The summed E-state index contributed by atoms with van der Waals surface area (Å²) in [4.78, 5) is 16.4. The molecule has 0 unspecified atom stereocenters. The summed E-state index contributed by atoms with van der Waals surface area (Å²) in [6.07, 6.45) is 1.66. The number of cyclic esters (lactones) is 1. The second-order valence-corrected chi connectivity index (χ2v) is 6.28. The van der Waals surface area contributed by atoms with E-state index in [1.807, 2.05) is 31.2 Å². The van der Waals surface area contributed by atoms with E-state index in [1.54, 1.807) is 18.2 Å². The zero-order chi connectivity index (χ0) is 16.7. The van der Waals surface area contributed by atoms with Crippen LogP contribution in [0.1, 0.15) is 16.7 Å². The predicted molar refractivity (Wildman–Crippen MR) is 92.1 cm³/mol. The van der Waals surface area contributed by atoms with Crippen LogP contribution in [0.25, 0.3) is 6.08 Å². The maximum atomic E-state index is 12.1. The van der Waals surface area contributed by atoms with Crippen LogP contribution in [0.3, 0.4) is 0 Å². The Kier molecular flexibility index (Phi) is 3.61. The fraction of sp³-hybridized carbons (Fsp3) is 0.111. The molecule has 24 heavy (non-hydrogen) atoms. The number of aryl methyl sites for hydroxylation is 1. The second kappa shape index (κ2) is 5.79. The SMILES string of the molecule is Cc1ccc(C2=N/C(=C\c3cc4c(cc3Br)OCO4)C(=O)O2)cc1. The highest BCUT2D eigenvalue weighted by Gasteiger charge is 2.25. The van der Waals surface area contributed by atoms with Crippen LogP contribution in [0.2, 0.25) is 0 Å². The Morgan fingerprint density at radius 2 is 1.83 bits per heavy atom. The molecule has 0 N–H and O–H groups in total. The van der Waals surface area contributed by atoms with Crippen LogP contribution in [0.4, 0.5) is 0 Å². The zero-order valence-electron chi connectivity index (χ0n) is 12.7. The number of carbonyl (C=O) groups is 1. The van der Waals surface area contributed by atoms with Gasteiger partial charge in [0.05, 0.1) is 0 Å². The Morgan fingerprint density at radius 3 is 2.58 bits per heavy atom. The number of aliphatic imine (C=N–C) groups is 1. The molecule has 0 saturated carbocycles. The van der Waals surface area contributed by atoms with Crippen molar-refractivity contribution in [3.63, 3.8) is 0 Å². The first-order chi connectivity index (χ1) is 11.6. The van der Waals surface area contributed by atoms with Gasteiger partial charge in [-0.25, -0.2) is 9.79 Å². The summed E-state index contributed by atoms with van der Waals surface area (Å²) in [6.45, 7) is 2.19. The van der Waals surface area contributed by atoms with Gasteiger partial charge >= 0.3 is 5.97 Å². The quantitative estimate of drug-likeness (QED) is 0.582. The lowest BCUT2D eigenvalue weighted by molar-refractivity contribution is -0.129. The highest BCUT2D eigenvalue weighted by Crippen LogP contribution is 2.38. The fourth-order valence-corrected chi connectivity index (χ4v) is 2.86. The Bertz CT molecular complexity index is 900. The zero-order valence-corrected chi connectivity index (χ0v) is 14.3. The maximum absolute atomic E-state index is 12.1. The lowest BCUT2D eigenvalue weighted by atomic mass is 10.1. The third-order valence-corrected chi connectivity index (χ3v) is 4.39. The number of nitrogens with zero attached hydrogens (tertiary/aromatic N) is 1. The largest absolute Gasteiger partial charge is 0.454 e. The summed E-state index contributed by atoms with van der Waals surface area (Å²) in [7, 11) is 0. The molecule has 2 aromatic carbocycles. The van der Waals surface area contributed by atoms with Crippen LogP contribution >= 0.6 is 15.9 Å². The molecular formula is C18H12BrNO4. The summed E-state index contributed by atoms with van der Waals surface area (Å²) in [5, 5.41) is 0. The number of fused-ring (bicyclic) bond motifs is 1. The van der Waals surface area contributed by atoms with E-state index in [0.29, 0.717) is 17.4 Å². The molecule has 0 radical (unpaired) electrons. The molecule has 0 amide bonds. The van der Waals surface area contributed by atoms with Gasteiger partial charge in [0, 0.05) is 10.0 Å². The molecule has 0 fully saturated rings. The molecule has 2 heterocycles. The van der Waals surface area contributed by atoms with Crippen LogP contribution in [-0.4, -0.2) is 18.7 Å². The minimum atomic E-state index is -0.477. The number of hydrogen-bond donors (Lipinski definition) is 0. The van der Waals surface area contributed by atoms with E-state index < -0.39 is 5.97 Å². The number of hydrogen-bond acceptors (Lipinski definition) is 5. The molecule has 120 valence electrons. The Labute approximate surface area is 146 Å². The van der Waals surface area contributed by atoms with Crippen LogP contribution in [0.15, 0.2) is 51.6 Å². The predicted octanol–water partition coefficient (Wildman–Crippen LogP) is 3.83. The Hall–Kier alpha value is -2.60. The molecule has 0 spiro atoms. The van der Waals surface area contributed by atoms with Gasteiger partial charge in [0.2, 0.25) is 12.7 Å². The second-order valence-electron chi connectivity index (χ2n) is 5.43. The van der Waals surface area contributed by atoms with Crippen molar-refractivity contribution < 1.29 is 19.0 Å². The van der Waals surface area contributed by atoms with Crippen LogP contribution in [0, 0.1) is 6.92 Å². The maximum Gasteiger partial charge on any atom is 0.363 e. The molecule has 0 atom stereocenters. The molecule has 0 aliphatic carbocycles. The van der Waals surface area contributed by atoms with Gasteiger partial charge in [-0.1, -0.05) is 33.6 Å². The molecule has 2 aliphatic heterocycles. The normalized spacial score (nSPS) is 17.2. The summed E-state index contributed by atoms with van der Waals surface area (Å²) in [5.41, 5.74) is 2.90. The van der Waals surface area contributed by atoms with Crippen molar-refractivity contribution in [3.05, 3.63) is 63.3 Å². The van der Waals surface area contributed by atoms with Crippen molar-refractivity contribution in [2.75, 3.05) is 6.79 Å². The molecule has 6 heteroatoms. The van der Waals surface area contributed by atoms with E-state index in [4.69, 9.17) is 14.2 Å². The first-order valence-electron chi connectivity index (χ1n) is 7.29. The molecule has 5 nitrogen and oxygen atoms in total. The fourth-order valence-electron chi connectivity index (χ4n) is 2.42. The van der Waals surface area contributed by atoms with E-state index in [-0.39, 0.29) is 12.5 Å². The summed E-state index contributed by atoms with van der Waals surface area (Å²) in [5.74, 6) is 1.14. The first kappa shape index (κ1) is 15.0. The van der Waals surface area contributed by atoms with Gasteiger partial charge in [-0.2, -0.15) is 0 Å². The van der Waals surface area contributed by atoms with Gasteiger partial charge in [0.15, 0.2) is 17.2 Å². The summed E-state index contributed by atoms with van der Waals surface area (Å²) < 4.78 is 16.7. The number of halogens is 1. The number of ether oxygens (including phenoxy) is 3. The van der Waals surface area contributed by atoms with E-state index in [2.05, 4.69) is 20.9 Å². The average Bonchev–Trinajstić information content (AvgIpc) is 3.15. The van der Waals surface area contributed by atoms with Crippen molar-refractivity contribution >= 4 is 33.9 Å². The third kappa shape index (κ3) is 2.69. The van der Waals surface area contributed by atoms with Gasteiger partial charge in [-0.05, 0) is 42.8 Å².